The molecule has 0 spiro atoms. The van der Waals surface area contributed by atoms with Gasteiger partial charge in [0.05, 0.1) is 5.69 Å². The number of nitrogens with zero attached hydrogens (tertiary/aromatic N) is 3. The van der Waals surface area contributed by atoms with Crippen molar-refractivity contribution in [3.05, 3.63) is 36.5 Å². The third kappa shape index (κ3) is 3.59. The number of carbonyl (C=O) groups excluding carboxylic acids is 1. The van der Waals surface area contributed by atoms with E-state index in [9.17, 15) is 4.79 Å². The van der Waals surface area contributed by atoms with E-state index in [4.69, 9.17) is 5.73 Å². The lowest BCUT2D eigenvalue weighted by Gasteiger charge is -2.28. The minimum Gasteiger partial charge on any atom is -0.327 e. The molecular weight excluding hydrogens is 290 g/mol. The van der Waals surface area contributed by atoms with Gasteiger partial charge in [0, 0.05) is 31.1 Å². The molecule has 23 heavy (non-hydrogen) atoms. The van der Waals surface area contributed by atoms with Crippen molar-refractivity contribution in [1.29, 1.82) is 0 Å². The molecule has 3 N–H and O–H groups in total. The van der Waals surface area contributed by atoms with E-state index in [1.807, 2.05) is 29.8 Å². The average Bonchev–Trinajstić information content (AvgIpc) is 2.96. The van der Waals surface area contributed by atoms with E-state index in [1.54, 1.807) is 12.4 Å². The number of amides is 1. The standard InChI is InChI=1S/C17H23N5O/c1-12-19-9-10-22(12)17-15(7-4-8-20-17)21-16(23)11-13-5-2-3-6-14(13)18/h4,7-10,13-14H,2-3,5-6,11,18H2,1H3,(H,21,23). The predicted molar refractivity (Wildman–Crippen MR) is 89.3 cm³/mol. The van der Waals surface area contributed by atoms with E-state index >= 15 is 0 Å². The van der Waals surface area contributed by atoms with Gasteiger partial charge in [0.25, 0.3) is 0 Å². The van der Waals surface area contributed by atoms with Gasteiger partial charge in [-0.2, -0.15) is 0 Å². The van der Waals surface area contributed by atoms with Gasteiger partial charge in [0.1, 0.15) is 5.82 Å². The molecule has 0 saturated heterocycles. The molecule has 2 aromatic heterocycles. The first-order valence-corrected chi connectivity index (χ1v) is 8.16. The Balaban J connectivity index is 1.73. The minimum absolute atomic E-state index is 0.000585. The van der Waals surface area contributed by atoms with Crippen molar-refractivity contribution < 1.29 is 4.79 Å². The van der Waals surface area contributed by atoms with Gasteiger partial charge in [0.2, 0.25) is 5.91 Å². The summed E-state index contributed by atoms with van der Waals surface area (Å²) < 4.78 is 1.86. The lowest BCUT2D eigenvalue weighted by Crippen LogP contribution is -2.35. The molecule has 0 radical (unpaired) electrons. The molecule has 0 aromatic carbocycles. The summed E-state index contributed by atoms with van der Waals surface area (Å²) in [6.45, 7) is 1.90. The van der Waals surface area contributed by atoms with Crippen LogP contribution in [0.4, 0.5) is 5.69 Å². The molecule has 122 valence electrons. The molecule has 2 unspecified atom stereocenters. The quantitative estimate of drug-likeness (QED) is 0.907. The van der Waals surface area contributed by atoms with E-state index in [0.717, 1.165) is 25.1 Å². The van der Waals surface area contributed by atoms with Gasteiger partial charge in [-0.05, 0) is 37.8 Å². The second-order valence-corrected chi connectivity index (χ2v) is 6.18. The Bertz CT molecular complexity index is 681. The number of carbonyl (C=O) groups is 1. The van der Waals surface area contributed by atoms with Crippen LogP contribution in [0.3, 0.4) is 0 Å². The zero-order valence-corrected chi connectivity index (χ0v) is 13.4. The molecule has 1 saturated carbocycles. The lowest BCUT2D eigenvalue weighted by atomic mass is 9.83. The van der Waals surface area contributed by atoms with Crippen molar-refractivity contribution in [1.82, 2.24) is 14.5 Å². The minimum atomic E-state index is -0.000585. The van der Waals surface area contributed by atoms with Crippen LogP contribution in [-0.4, -0.2) is 26.5 Å². The fraction of sp³-hybridized carbons (Fsp3) is 0.471. The number of hydrogen-bond donors (Lipinski definition) is 2. The normalized spacial score (nSPS) is 21.1. The molecule has 6 nitrogen and oxygen atoms in total. The summed E-state index contributed by atoms with van der Waals surface area (Å²) in [4.78, 5) is 21.0. The van der Waals surface area contributed by atoms with Crippen LogP contribution in [0.25, 0.3) is 5.82 Å². The second-order valence-electron chi connectivity index (χ2n) is 6.18. The van der Waals surface area contributed by atoms with Crippen LogP contribution in [0.2, 0.25) is 0 Å². The zero-order chi connectivity index (χ0) is 16.2. The van der Waals surface area contributed by atoms with Crippen molar-refractivity contribution >= 4 is 11.6 Å². The van der Waals surface area contributed by atoms with Crippen molar-refractivity contribution in [2.75, 3.05) is 5.32 Å². The van der Waals surface area contributed by atoms with Crippen LogP contribution in [0.5, 0.6) is 0 Å². The Labute approximate surface area is 136 Å². The first-order chi connectivity index (χ1) is 11.1. The highest BCUT2D eigenvalue weighted by Gasteiger charge is 2.24. The van der Waals surface area contributed by atoms with E-state index in [0.29, 0.717) is 17.9 Å². The Morgan fingerprint density at radius 3 is 2.91 bits per heavy atom. The maximum atomic E-state index is 12.4. The molecule has 1 fully saturated rings. The van der Waals surface area contributed by atoms with E-state index in [1.165, 1.54) is 6.42 Å². The molecule has 1 amide bonds. The molecule has 1 aliphatic rings. The largest absolute Gasteiger partial charge is 0.327 e. The maximum absolute atomic E-state index is 12.4. The van der Waals surface area contributed by atoms with Crippen LogP contribution in [0.1, 0.15) is 37.9 Å². The molecule has 6 heteroatoms. The van der Waals surface area contributed by atoms with Crippen LogP contribution in [0, 0.1) is 12.8 Å². The van der Waals surface area contributed by atoms with Crippen molar-refractivity contribution in [2.24, 2.45) is 11.7 Å². The van der Waals surface area contributed by atoms with Gasteiger partial charge >= 0.3 is 0 Å². The third-order valence-electron chi connectivity index (χ3n) is 4.53. The fourth-order valence-corrected chi connectivity index (χ4v) is 3.22. The Morgan fingerprint density at radius 1 is 1.35 bits per heavy atom. The van der Waals surface area contributed by atoms with Crippen LogP contribution < -0.4 is 11.1 Å². The van der Waals surface area contributed by atoms with Crippen molar-refractivity contribution in [3.63, 3.8) is 0 Å². The van der Waals surface area contributed by atoms with Gasteiger partial charge in [-0.15, -0.1) is 0 Å². The predicted octanol–water partition coefficient (Wildman–Crippen LogP) is 2.42. The van der Waals surface area contributed by atoms with Crippen LogP contribution >= 0.6 is 0 Å². The van der Waals surface area contributed by atoms with Gasteiger partial charge in [-0.1, -0.05) is 12.8 Å². The molecule has 2 atom stereocenters. The SMILES string of the molecule is Cc1nccn1-c1ncccc1NC(=O)CC1CCCCC1N. The number of pyridine rings is 1. The summed E-state index contributed by atoms with van der Waals surface area (Å²) in [7, 11) is 0. The molecular formula is C17H23N5O. The first-order valence-electron chi connectivity index (χ1n) is 8.16. The highest BCUT2D eigenvalue weighted by Crippen LogP contribution is 2.26. The number of nitrogens with two attached hydrogens (primary N) is 1. The molecule has 2 heterocycles. The maximum Gasteiger partial charge on any atom is 0.224 e. The number of aromatic nitrogens is 3. The van der Waals surface area contributed by atoms with Gasteiger partial charge in [-0.3, -0.25) is 9.36 Å². The number of rotatable bonds is 4. The summed E-state index contributed by atoms with van der Waals surface area (Å²) in [6.07, 6.45) is 10.1. The highest BCUT2D eigenvalue weighted by atomic mass is 16.1. The summed E-state index contributed by atoms with van der Waals surface area (Å²) in [5.41, 5.74) is 6.84. The Hall–Kier alpha value is -2.21. The Morgan fingerprint density at radius 2 is 2.17 bits per heavy atom. The first kappa shape index (κ1) is 15.7. The van der Waals surface area contributed by atoms with Crippen LogP contribution in [-0.2, 0) is 4.79 Å². The number of aryl methyl sites for hydroxylation is 1. The zero-order valence-electron chi connectivity index (χ0n) is 13.4. The third-order valence-corrected chi connectivity index (χ3v) is 4.53. The average molecular weight is 313 g/mol. The van der Waals surface area contributed by atoms with Crippen molar-refractivity contribution in [3.8, 4) is 5.82 Å². The van der Waals surface area contributed by atoms with Gasteiger partial charge in [0.15, 0.2) is 5.82 Å². The topological polar surface area (TPSA) is 85.8 Å². The van der Waals surface area contributed by atoms with Gasteiger partial charge in [-0.25, -0.2) is 9.97 Å². The summed E-state index contributed by atoms with van der Waals surface area (Å²) in [6, 6.07) is 3.82. The number of nitrogens with one attached hydrogen (secondary N) is 1. The fourth-order valence-electron chi connectivity index (χ4n) is 3.22. The van der Waals surface area contributed by atoms with E-state index < -0.39 is 0 Å². The smallest absolute Gasteiger partial charge is 0.224 e. The summed E-state index contributed by atoms with van der Waals surface area (Å²) >= 11 is 0. The number of hydrogen-bond acceptors (Lipinski definition) is 4. The molecule has 3 rings (SSSR count). The molecule has 1 aliphatic carbocycles. The number of anilines is 1. The van der Waals surface area contributed by atoms with Crippen LogP contribution in [0.15, 0.2) is 30.7 Å². The molecule has 0 bridgehead atoms. The monoisotopic (exact) mass is 313 g/mol. The Kier molecular flexibility index (Phi) is 4.71. The molecule has 0 aliphatic heterocycles. The number of imidazole rings is 1. The van der Waals surface area contributed by atoms with Gasteiger partial charge < -0.3 is 11.1 Å². The second kappa shape index (κ2) is 6.91. The highest BCUT2D eigenvalue weighted by molar-refractivity contribution is 5.92. The summed E-state index contributed by atoms with van der Waals surface area (Å²) in [5.74, 6) is 1.79. The van der Waals surface area contributed by atoms with E-state index in [2.05, 4.69) is 15.3 Å². The van der Waals surface area contributed by atoms with E-state index in [-0.39, 0.29) is 17.9 Å². The van der Waals surface area contributed by atoms with Crippen molar-refractivity contribution in [2.45, 2.75) is 45.1 Å². The lowest BCUT2D eigenvalue weighted by molar-refractivity contribution is -0.117. The molecule has 2 aromatic rings. The summed E-state index contributed by atoms with van der Waals surface area (Å²) in [5, 5.41) is 2.99.